The highest BCUT2D eigenvalue weighted by Gasteiger charge is 2.14. The van der Waals surface area contributed by atoms with Crippen LogP contribution in [-0.4, -0.2) is 9.36 Å². The summed E-state index contributed by atoms with van der Waals surface area (Å²) in [5.41, 5.74) is 0.278. The van der Waals surface area contributed by atoms with Gasteiger partial charge in [0.15, 0.2) is 3.92 Å². The van der Waals surface area contributed by atoms with E-state index in [1.165, 1.54) is 11.5 Å². The van der Waals surface area contributed by atoms with E-state index in [9.17, 15) is 0 Å². The third-order valence-corrected chi connectivity index (χ3v) is 2.29. The first-order valence-electron chi connectivity index (χ1n) is 3.45. The van der Waals surface area contributed by atoms with Crippen molar-refractivity contribution in [1.29, 1.82) is 0 Å². The van der Waals surface area contributed by atoms with Gasteiger partial charge in [-0.15, -0.1) is 0 Å². The van der Waals surface area contributed by atoms with Crippen LogP contribution in [0, 0.1) is 5.41 Å². The van der Waals surface area contributed by atoms with Gasteiger partial charge in [0.25, 0.3) is 0 Å². The Bertz CT molecular complexity index is 239. The molecule has 62 valence electrons. The van der Waals surface area contributed by atoms with Crippen molar-refractivity contribution < 1.29 is 0 Å². The maximum absolute atomic E-state index is 4.22. The number of nitrogens with zero attached hydrogens (tertiary/aromatic N) is 2. The number of hydrogen-bond donors (Lipinski definition) is 0. The molecule has 1 rings (SSSR count). The lowest BCUT2D eigenvalue weighted by Crippen LogP contribution is -2.10. The van der Waals surface area contributed by atoms with Crippen molar-refractivity contribution in [2.75, 3.05) is 0 Å². The molecule has 0 unspecified atom stereocenters. The van der Waals surface area contributed by atoms with Gasteiger partial charge >= 0.3 is 0 Å². The van der Waals surface area contributed by atoms with Crippen LogP contribution >= 0.6 is 27.5 Å². The van der Waals surface area contributed by atoms with Crippen molar-refractivity contribution in [3.63, 3.8) is 0 Å². The van der Waals surface area contributed by atoms with E-state index >= 15 is 0 Å². The fourth-order valence-electron chi connectivity index (χ4n) is 0.779. The van der Waals surface area contributed by atoms with Crippen molar-refractivity contribution in [2.24, 2.45) is 5.41 Å². The molecule has 11 heavy (non-hydrogen) atoms. The Morgan fingerprint density at radius 3 is 2.45 bits per heavy atom. The molecule has 1 aromatic rings. The molecule has 0 aliphatic heterocycles. The van der Waals surface area contributed by atoms with Crippen LogP contribution in [0.5, 0.6) is 0 Å². The van der Waals surface area contributed by atoms with Gasteiger partial charge < -0.3 is 0 Å². The summed E-state index contributed by atoms with van der Waals surface area (Å²) in [5.74, 6) is 0.939. The second-order valence-corrected chi connectivity index (χ2v) is 5.73. The molecule has 0 saturated heterocycles. The topological polar surface area (TPSA) is 25.8 Å². The molecule has 0 atom stereocenters. The van der Waals surface area contributed by atoms with E-state index in [1.54, 1.807) is 0 Å². The van der Waals surface area contributed by atoms with E-state index < -0.39 is 0 Å². The normalized spacial score (nSPS) is 12.0. The Kier molecular flexibility index (Phi) is 2.65. The largest absolute Gasteiger partial charge is 0.212 e. The molecule has 0 fully saturated rings. The molecule has 0 spiro atoms. The van der Waals surface area contributed by atoms with Gasteiger partial charge in [-0.2, -0.15) is 4.37 Å². The Morgan fingerprint density at radius 2 is 2.09 bits per heavy atom. The first-order chi connectivity index (χ1) is 4.97. The summed E-state index contributed by atoms with van der Waals surface area (Å²) in [6, 6.07) is 0. The summed E-state index contributed by atoms with van der Waals surface area (Å²) in [6.45, 7) is 6.55. The van der Waals surface area contributed by atoms with Gasteiger partial charge in [0.05, 0.1) is 0 Å². The number of hydrogen-bond acceptors (Lipinski definition) is 3. The van der Waals surface area contributed by atoms with E-state index in [4.69, 9.17) is 0 Å². The zero-order chi connectivity index (χ0) is 8.48. The molecule has 0 aliphatic carbocycles. The van der Waals surface area contributed by atoms with E-state index in [0.717, 1.165) is 16.2 Å². The third kappa shape index (κ3) is 3.29. The second kappa shape index (κ2) is 3.19. The molecule has 1 heterocycles. The standard InChI is InChI=1S/C7H11BrN2S/c1-7(2,3)4-5-9-6(8)11-10-5/h4H2,1-3H3. The molecular formula is C7H11BrN2S. The molecule has 0 amide bonds. The highest BCUT2D eigenvalue weighted by molar-refractivity contribution is 9.11. The minimum Gasteiger partial charge on any atom is -0.212 e. The van der Waals surface area contributed by atoms with Gasteiger partial charge in [-0.1, -0.05) is 20.8 Å². The molecule has 0 aromatic carbocycles. The molecule has 0 radical (unpaired) electrons. The van der Waals surface area contributed by atoms with E-state index in [2.05, 4.69) is 46.1 Å². The van der Waals surface area contributed by atoms with Gasteiger partial charge in [-0.3, -0.25) is 0 Å². The Hall–Kier alpha value is 0.0400. The Morgan fingerprint density at radius 1 is 1.45 bits per heavy atom. The summed E-state index contributed by atoms with van der Waals surface area (Å²) in [5, 5.41) is 0. The van der Waals surface area contributed by atoms with Crippen LogP contribution in [0.3, 0.4) is 0 Å². The zero-order valence-corrected chi connectivity index (χ0v) is 9.29. The van der Waals surface area contributed by atoms with Crippen LogP contribution in [0.4, 0.5) is 0 Å². The predicted molar refractivity (Wildman–Crippen MR) is 50.8 cm³/mol. The third-order valence-electron chi connectivity index (χ3n) is 1.13. The monoisotopic (exact) mass is 234 g/mol. The fraction of sp³-hybridized carbons (Fsp3) is 0.714. The molecule has 0 aliphatic rings. The van der Waals surface area contributed by atoms with Gasteiger partial charge in [-0.25, -0.2) is 4.98 Å². The summed E-state index contributed by atoms with van der Waals surface area (Å²) >= 11 is 4.69. The first-order valence-corrected chi connectivity index (χ1v) is 5.02. The van der Waals surface area contributed by atoms with E-state index in [1.807, 2.05) is 0 Å². The maximum atomic E-state index is 4.22. The molecular weight excluding hydrogens is 224 g/mol. The van der Waals surface area contributed by atoms with Crippen LogP contribution in [0.25, 0.3) is 0 Å². The van der Waals surface area contributed by atoms with Gasteiger partial charge in [0.2, 0.25) is 0 Å². The van der Waals surface area contributed by atoms with Crippen LogP contribution in [0.2, 0.25) is 0 Å². The fourth-order valence-corrected chi connectivity index (χ4v) is 1.63. The van der Waals surface area contributed by atoms with Crippen LogP contribution in [0.1, 0.15) is 26.6 Å². The van der Waals surface area contributed by atoms with Gasteiger partial charge in [0, 0.05) is 6.42 Å². The molecule has 4 heteroatoms. The van der Waals surface area contributed by atoms with Gasteiger partial charge in [-0.05, 0) is 32.9 Å². The van der Waals surface area contributed by atoms with Crippen molar-refractivity contribution in [3.05, 3.63) is 9.74 Å². The highest BCUT2D eigenvalue weighted by Crippen LogP contribution is 2.21. The average molecular weight is 235 g/mol. The minimum atomic E-state index is 0.278. The van der Waals surface area contributed by atoms with E-state index in [0.29, 0.717) is 0 Å². The quantitative estimate of drug-likeness (QED) is 0.747. The van der Waals surface area contributed by atoms with Gasteiger partial charge in [0.1, 0.15) is 5.82 Å². The zero-order valence-electron chi connectivity index (χ0n) is 6.89. The Labute approximate surface area is 79.3 Å². The second-order valence-electron chi connectivity index (χ2n) is 3.70. The summed E-state index contributed by atoms with van der Waals surface area (Å²) < 4.78 is 5.06. The Balaban J connectivity index is 2.65. The van der Waals surface area contributed by atoms with Crippen molar-refractivity contribution in [3.8, 4) is 0 Å². The number of aromatic nitrogens is 2. The lowest BCUT2D eigenvalue weighted by atomic mass is 9.92. The molecule has 0 N–H and O–H groups in total. The smallest absolute Gasteiger partial charge is 0.179 e. The predicted octanol–water partition coefficient (Wildman–Crippen LogP) is 2.89. The maximum Gasteiger partial charge on any atom is 0.179 e. The van der Waals surface area contributed by atoms with E-state index in [-0.39, 0.29) is 5.41 Å². The molecule has 0 bridgehead atoms. The van der Waals surface area contributed by atoms with Crippen LogP contribution in [-0.2, 0) is 6.42 Å². The molecule has 0 saturated carbocycles. The summed E-state index contributed by atoms with van der Waals surface area (Å²) in [6.07, 6.45) is 0.940. The summed E-state index contributed by atoms with van der Waals surface area (Å²) in [4.78, 5) is 4.22. The minimum absolute atomic E-state index is 0.278. The van der Waals surface area contributed by atoms with Crippen LogP contribution in [0.15, 0.2) is 3.92 Å². The first kappa shape index (κ1) is 9.13. The van der Waals surface area contributed by atoms with Crippen molar-refractivity contribution >= 4 is 27.5 Å². The highest BCUT2D eigenvalue weighted by atomic mass is 79.9. The SMILES string of the molecule is CC(C)(C)Cc1nsc(Br)n1. The molecule has 1 aromatic heterocycles. The summed E-state index contributed by atoms with van der Waals surface area (Å²) in [7, 11) is 0. The van der Waals surface area contributed by atoms with Crippen LogP contribution < -0.4 is 0 Å². The lowest BCUT2D eigenvalue weighted by molar-refractivity contribution is 0.402. The van der Waals surface area contributed by atoms with Crippen molar-refractivity contribution in [1.82, 2.24) is 9.36 Å². The van der Waals surface area contributed by atoms with Crippen molar-refractivity contribution in [2.45, 2.75) is 27.2 Å². The average Bonchev–Trinajstić information content (AvgIpc) is 2.10. The number of rotatable bonds is 1. The lowest BCUT2D eigenvalue weighted by Gasteiger charge is -2.14. The molecule has 2 nitrogen and oxygen atoms in total. The number of halogens is 1.